The van der Waals surface area contributed by atoms with Crippen LogP contribution >= 0.6 is 0 Å². The number of ether oxygens (including phenoxy) is 3. The van der Waals surface area contributed by atoms with Gasteiger partial charge in [-0.2, -0.15) is 0 Å². The third-order valence-corrected chi connectivity index (χ3v) is 8.71. The Labute approximate surface area is 168 Å². The highest BCUT2D eigenvalue weighted by Crippen LogP contribution is 2.64. The summed E-state index contributed by atoms with van der Waals surface area (Å²) >= 11 is 0. The van der Waals surface area contributed by atoms with E-state index in [2.05, 4.69) is 32.1 Å². The summed E-state index contributed by atoms with van der Waals surface area (Å²) in [7, 11) is 3.47. The fraction of sp³-hybridized carbons (Fsp3) is 0.708. The number of allylic oxidation sites excluding steroid dienone is 5. The van der Waals surface area contributed by atoms with E-state index in [-0.39, 0.29) is 5.41 Å². The number of aliphatic imine (C=N–C) groups is 1. The molecule has 1 saturated carbocycles. The SMILES string of the molecule is COC1=CC2=CC[C@@H]3[C@H](CC[C@]4(C)C(C5=N[C@@H](OC)OC5)=CC[C@@H]34)[C@@]2(C)CC1. The first-order valence-electron chi connectivity index (χ1n) is 10.9. The normalized spacial score (nSPS) is 44.6. The Hall–Kier alpha value is -1.39. The second kappa shape index (κ2) is 6.56. The van der Waals surface area contributed by atoms with Crippen LogP contribution in [0.25, 0.3) is 0 Å². The lowest BCUT2D eigenvalue weighted by Crippen LogP contribution is -2.49. The van der Waals surface area contributed by atoms with E-state index in [0.29, 0.717) is 17.9 Å². The molecule has 0 aromatic rings. The summed E-state index contributed by atoms with van der Waals surface area (Å²) < 4.78 is 16.5. The molecule has 28 heavy (non-hydrogen) atoms. The van der Waals surface area contributed by atoms with Gasteiger partial charge in [-0.3, -0.25) is 0 Å². The van der Waals surface area contributed by atoms with Crippen LogP contribution in [0.15, 0.2) is 40.1 Å². The van der Waals surface area contributed by atoms with E-state index in [9.17, 15) is 0 Å². The molecule has 1 fully saturated rings. The van der Waals surface area contributed by atoms with Gasteiger partial charge >= 0.3 is 0 Å². The predicted octanol–water partition coefficient (Wildman–Crippen LogP) is 5.03. The van der Waals surface area contributed by atoms with Gasteiger partial charge in [0.1, 0.15) is 0 Å². The monoisotopic (exact) mass is 383 g/mol. The molecule has 6 atom stereocenters. The molecule has 152 valence electrons. The van der Waals surface area contributed by atoms with E-state index in [0.717, 1.165) is 29.7 Å². The zero-order valence-electron chi connectivity index (χ0n) is 17.7. The lowest BCUT2D eigenvalue weighted by atomic mass is 9.48. The first-order chi connectivity index (χ1) is 13.5. The molecule has 1 aliphatic heterocycles. The Kier molecular flexibility index (Phi) is 4.37. The van der Waals surface area contributed by atoms with Crippen molar-refractivity contribution in [3.05, 3.63) is 35.1 Å². The zero-order valence-corrected chi connectivity index (χ0v) is 17.7. The molecule has 0 saturated heterocycles. The Bertz CT molecular complexity index is 794. The van der Waals surface area contributed by atoms with Crippen molar-refractivity contribution in [2.75, 3.05) is 20.8 Å². The Morgan fingerprint density at radius 2 is 1.93 bits per heavy atom. The van der Waals surface area contributed by atoms with Crippen molar-refractivity contribution in [1.82, 2.24) is 0 Å². The standard InChI is InChI=1S/C24H33NO3/c1-23-11-9-16(26-3)13-15(23)5-6-17-18-7-8-20(21-14-28-22(25-21)27-4)24(18,2)12-10-19(17)23/h5,8,13,17-19,22H,6-7,9-12,14H2,1-4H3/t17-,18-,19-,22-,23-,24-/m0/s1. The van der Waals surface area contributed by atoms with Crippen LogP contribution in [-0.4, -0.2) is 33.0 Å². The smallest absolute Gasteiger partial charge is 0.258 e. The molecule has 5 rings (SSSR count). The second-order valence-corrected chi connectivity index (χ2v) is 9.74. The minimum atomic E-state index is -0.419. The maximum absolute atomic E-state index is 5.67. The zero-order chi connectivity index (χ0) is 19.5. The maximum Gasteiger partial charge on any atom is 0.258 e. The van der Waals surface area contributed by atoms with Crippen LogP contribution in [-0.2, 0) is 14.2 Å². The van der Waals surface area contributed by atoms with E-state index in [1.54, 1.807) is 7.11 Å². The third-order valence-electron chi connectivity index (χ3n) is 8.71. The number of nitrogens with zero attached hydrogens (tertiary/aromatic N) is 1. The molecular formula is C24H33NO3. The lowest BCUT2D eigenvalue weighted by molar-refractivity contribution is -0.0915. The molecule has 0 aromatic carbocycles. The van der Waals surface area contributed by atoms with Gasteiger partial charge in [0.2, 0.25) is 0 Å². The largest absolute Gasteiger partial charge is 0.501 e. The summed E-state index contributed by atoms with van der Waals surface area (Å²) in [6.45, 7) is 5.59. The van der Waals surface area contributed by atoms with E-state index in [4.69, 9.17) is 19.2 Å². The van der Waals surface area contributed by atoms with Gasteiger partial charge in [-0.1, -0.05) is 26.0 Å². The van der Waals surface area contributed by atoms with E-state index < -0.39 is 6.41 Å². The van der Waals surface area contributed by atoms with Gasteiger partial charge in [0.25, 0.3) is 6.41 Å². The summed E-state index contributed by atoms with van der Waals surface area (Å²) in [6, 6.07) is 0. The van der Waals surface area contributed by atoms with Crippen molar-refractivity contribution in [2.24, 2.45) is 33.6 Å². The second-order valence-electron chi connectivity index (χ2n) is 9.74. The molecule has 0 amide bonds. The van der Waals surface area contributed by atoms with Crippen molar-refractivity contribution in [1.29, 1.82) is 0 Å². The highest BCUT2D eigenvalue weighted by molar-refractivity contribution is 6.03. The molecule has 0 N–H and O–H groups in total. The molecule has 1 heterocycles. The summed E-state index contributed by atoms with van der Waals surface area (Å²) in [5.41, 5.74) is 4.64. The number of fused-ring (bicyclic) bond motifs is 5. The van der Waals surface area contributed by atoms with Crippen molar-refractivity contribution in [3.8, 4) is 0 Å². The van der Waals surface area contributed by atoms with Gasteiger partial charge in [0.15, 0.2) is 0 Å². The highest BCUT2D eigenvalue weighted by Gasteiger charge is 2.57. The Balaban J connectivity index is 1.44. The van der Waals surface area contributed by atoms with Crippen LogP contribution in [0.3, 0.4) is 0 Å². The van der Waals surface area contributed by atoms with Gasteiger partial charge < -0.3 is 14.2 Å². The number of hydrogen-bond acceptors (Lipinski definition) is 4. The molecule has 0 aromatic heterocycles. The van der Waals surface area contributed by atoms with Gasteiger partial charge in [-0.05, 0) is 77.9 Å². The third kappa shape index (κ3) is 2.53. The highest BCUT2D eigenvalue weighted by atomic mass is 16.7. The molecule has 0 unspecified atom stereocenters. The molecule has 0 spiro atoms. The molecule has 5 aliphatic rings. The predicted molar refractivity (Wildman–Crippen MR) is 110 cm³/mol. The fourth-order valence-corrected chi connectivity index (χ4v) is 7.10. The van der Waals surface area contributed by atoms with Gasteiger partial charge in [0.05, 0.1) is 25.2 Å². The quantitative estimate of drug-likeness (QED) is 0.686. The average Bonchev–Trinajstić information content (AvgIpc) is 3.30. The van der Waals surface area contributed by atoms with Crippen molar-refractivity contribution in [3.63, 3.8) is 0 Å². The number of methoxy groups -OCH3 is 2. The van der Waals surface area contributed by atoms with E-state index in [1.165, 1.54) is 43.3 Å². The topological polar surface area (TPSA) is 40.0 Å². The van der Waals surface area contributed by atoms with Gasteiger partial charge in [0, 0.05) is 13.5 Å². The number of hydrogen-bond donors (Lipinski definition) is 0. The minimum Gasteiger partial charge on any atom is -0.501 e. The van der Waals surface area contributed by atoms with Gasteiger partial charge in [-0.15, -0.1) is 0 Å². The van der Waals surface area contributed by atoms with Crippen LogP contribution in [0.4, 0.5) is 0 Å². The fourth-order valence-electron chi connectivity index (χ4n) is 7.10. The molecule has 4 aliphatic carbocycles. The molecule has 0 bridgehead atoms. The molecule has 4 heteroatoms. The van der Waals surface area contributed by atoms with Crippen LogP contribution in [0.1, 0.15) is 52.4 Å². The Morgan fingerprint density at radius 1 is 1.07 bits per heavy atom. The summed E-state index contributed by atoms with van der Waals surface area (Å²) in [5.74, 6) is 3.41. The van der Waals surface area contributed by atoms with Crippen LogP contribution in [0.2, 0.25) is 0 Å². The molecule has 4 nitrogen and oxygen atoms in total. The first kappa shape index (κ1) is 18.6. The van der Waals surface area contributed by atoms with Crippen LogP contribution in [0.5, 0.6) is 0 Å². The molecule has 0 radical (unpaired) electrons. The van der Waals surface area contributed by atoms with Crippen LogP contribution < -0.4 is 0 Å². The van der Waals surface area contributed by atoms with E-state index >= 15 is 0 Å². The lowest BCUT2D eigenvalue weighted by Gasteiger charge is -2.56. The van der Waals surface area contributed by atoms with Crippen LogP contribution in [0, 0.1) is 28.6 Å². The van der Waals surface area contributed by atoms with Crippen molar-refractivity contribution >= 4 is 5.71 Å². The van der Waals surface area contributed by atoms with Crippen molar-refractivity contribution in [2.45, 2.75) is 58.8 Å². The maximum atomic E-state index is 5.67. The summed E-state index contributed by atoms with van der Waals surface area (Å²) in [5, 5.41) is 0. The van der Waals surface area contributed by atoms with Gasteiger partial charge in [-0.25, -0.2) is 4.99 Å². The first-order valence-corrected chi connectivity index (χ1v) is 10.9. The number of rotatable bonds is 3. The molecular weight excluding hydrogens is 350 g/mol. The van der Waals surface area contributed by atoms with E-state index in [1.807, 2.05) is 7.11 Å². The Morgan fingerprint density at radius 3 is 2.68 bits per heavy atom. The average molecular weight is 384 g/mol. The summed E-state index contributed by atoms with van der Waals surface area (Å²) in [4.78, 5) is 4.70. The summed E-state index contributed by atoms with van der Waals surface area (Å²) in [6.07, 6.45) is 14.2. The minimum absolute atomic E-state index is 0.232. The van der Waals surface area contributed by atoms with Crippen molar-refractivity contribution < 1.29 is 14.2 Å².